The highest BCUT2D eigenvalue weighted by molar-refractivity contribution is 7.62. The topological polar surface area (TPSA) is 48.4 Å². The minimum Gasteiger partial charge on any atom is -0.305 e. The number of hydrogen-bond acceptors (Lipinski definition) is 4. The largest absolute Gasteiger partial charge is 0.361 e. The minimum absolute atomic E-state index is 0.346. The van der Waals surface area contributed by atoms with E-state index in [-0.39, 0.29) is 0 Å². The molecule has 0 saturated carbocycles. The summed E-state index contributed by atoms with van der Waals surface area (Å²) >= 11 is 0. The Labute approximate surface area is 106 Å². The second kappa shape index (κ2) is 5.61. The molecule has 2 rings (SSSR count). The summed E-state index contributed by atoms with van der Waals surface area (Å²) < 4.78 is 23.5. The molecule has 0 spiro atoms. The fourth-order valence-electron chi connectivity index (χ4n) is 1.86. The van der Waals surface area contributed by atoms with E-state index in [0.717, 1.165) is 10.8 Å². The van der Waals surface area contributed by atoms with Gasteiger partial charge in [0.2, 0.25) is 0 Å². The minimum atomic E-state index is -3.24. The average molecular weight is 265 g/mol. The van der Waals surface area contributed by atoms with E-state index in [4.69, 9.17) is 9.05 Å². The Kier molecular flexibility index (Phi) is 4.12. The molecule has 1 aromatic heterocycles. The van der Waals surface area contributed by atoms with E-state index in [1.54, 1.807) is 32.3 Å². The number of nitrogens with zero attached hydrogens (tertiary/aromatic N) is 1. The van der Waals surface area contributed by atoms with Crippen LogP contribution in [0.4, 0.5) is 0 Å². The molecule has 0 bridgehead atoms. The average Bonchev–Trinajstić information content (AvgIpc) is 2.38. The van der Waals surface area contributed by atoms with Crippen LogP contribution in [-0.2, 0) is 13.6 Å². The van der Waals surface area contributed by atoms with Gasteiger partial charge >= 0.3 is 7.60 Å². The molecule has 0 aliphatic heterocycles. The lowest BCUT2D eigenvalue weighted by molar-refractivity contribution is 0.230. The van der Waals surface area contributed by atoms with Crippen molar-refractivity contribution in [2.75, 3.05) is 13.2 Å². The van der Waals surface area contributed by atoms with Crippen LogP contribution in [0.3, 0.4) is 0 Å². The molecule has 0 atom stereocenters. The van der Waals surface area contributed by atoms with Crippen LogP contribution in [0.25, 0.3) is 10.8 Å². The number of fused-ring (bicyclic) bond motifs is 1. The second-order valence-corrected chi connectivity index (χ2v) is 5.70. The van der Waals surface area contributed by atoms with Crippen molar-refractivity contribution in [2.45, 2.75) is 13.8 Å². The predicted molar refractivity (Wildman–Crippen MR) is 72.2 cm³/mol. The Morgan fingerprint density at radius 3 is 2.56 bits per heavy atom. The fourth-order valence-corrected chi connectivity index (χ4v) is 3.66. The molecule has 0 amide bonds. The first-order chi connectivity index (χ1) is 8.71. The van der Waals surface area contributed by atoms with E-state index in [1.807, 2.05) is 18.2 Å². The normalized spacial score (nSPS) is 11.9. The lowest BCUT2D eigenvalue weighted by Crippen LogP contribution is -2.11. The van der Waals surface area contributed by atoms with Gasteiger partial charge in [0, 0.05) is 23.2 Å². The van der Waals surface area contributed by atoms with Crippen LogP contribution in [-0.4, -0.2) is 18.2 Å². The molecule has 2 aromatic rings. The van der Waals surface area contributed by atoms with Gasteiger partial charge in [0.15, 0.2) is 0 Å². The maximum absolute atomic E-state index is 12.8. The van der Waals surface area contributed by atoms with Gasteiger partial charge in [-0.15, -0.1) is 0 Å². The quantitative estimate of drug-likeness (QED) is 0.779. The van der Waals surface area contributed by atoms with Crippen LogP contribution < -0.4 is 5.30 Å². The fraction of sp³-hybridized carbons (Fsp3) is 0.308. The zero-order valence-electron chi connectivity index (χ0n) is 10.5. The highest BCUT2D eigenvalue weighted by Gasteiger charge is 2.28. The van der Waals surface area contributed by atoms with Gasteiger partial charge in [-0.1, -0.05) is 12.1 Å². The summed E-state index contributed by atoms with van der Waals surface area (Å²) in [5, 5.41) is 2.39. The first-order valence-corrected chi connectivity index (χ1v) is 7.48. The van der Waals surface area contributed by atoms with Gasteiger partial charge in [-0.2, -0.15) is 0 Å². The van der Waals surface area contributed by atoms with Crippen molar-refractivity contribution in [3.05, 3.63) is 36.7 Å². The molecule has 0 radical (unpaired) electrons. The van der Waals surface area contributed by atoms with E-state index in [2.05, 4.69) is 4.98 Å². The molecule has 0 aliphatic rings. The standard InChI is InChI=1S/C13H16NO3P/c1-3-16-18(15,17-4-2)13-7-5-6-11-10-14-9-8-12(11)13/h5-10H,3-4H2,1-2H3. The van der Waals surface area contributed by atoms with Crippen LogP contribution in [0.2, 0.25) is 0 Å². The second-order valence-electron chi connectivity index (χ2n) is 3.71. The van der Waals surface area contributed by atoms with E-state index in [0.29, 0.717) is 18.5 Å². The van der Waals surface area contributed by atoms with E-state index in [9.17, 15) is 4.57 Å². The molecule has 0 aliphatic carbocycles. The maximum Gasteiger partial charge on any atom is 0.361 e. The smallest absolute Gasteiger partial charge is 0.305 e. The van der Waals surface area contributed by atoms with Crippen LogP contribution in [0.5, 0.6) is 0 Å². The van der Waals surface area contributed by atoms with Crippen molar-refractivity contribution in [3.63, 3.8) is 0 Å². The Morgan fingerprint density at radius 2 is 1.89 bits per heavy atom. The van der Waals surface area contributed by atoms with Crippen LogP contribution in [0.15, 0.2) is 36.7 Å². The summed E-state index contributed by atoms with van der Waals surface area (Å²) in [6.07, 6.45) is 3.41. The maximum atomic E-state index is 12.8. The SMILES string of the molecule is CCOP(=O)(OCC)c1cccc2cnccc12. The summed E-state index contributed by atoms with van der Waals surface area (Å²) in [6.45, 7) is 4.30. The molecular formula is C13H16NO3P. The number of hydrogen-bond donors (Lipinski definition) is 0. The monoisotopic (exact) mass is 265 g/mol. The predicted octanol–water partition coefficient (Wildman–Crippen LogP) is 3.13. The Hall–Kier alpha value is -1.22. The van der Waals surface area contributed by atoms with Crippen LogP contribution >= 0.6 is 7.60 Å². The third-order valence-electron chi connectivity index (χ3n) is 2.55. The van der Waals surface area contributed by atoms with E-state index < -0.39 is 7.60 Å². The molecular weight excluding hydrogens is 249 g/mol. The summed E-state index contributed by atoms with van der Waals surface area (Å²) in [7, 11) is -3.24. The van der Waals surface area contributed by atoms with Crippen molar-refractivity contribution in [1.29, 1.82) is 0 Å². The van der Waals surface area contributed by atoms with Crippen molar-refractivity contribution in [3.8, 4) is 0 Å². The zero-order chi connectivity index (χ0) is 13.0. The van der Waals surface area contributed by atoms with Gasteiger partial charge < -0.3 is 9.05 Å². The number of rotatable bonds is 5. The Bertz CT molecular complexity index is 570. The lowest BCUT2D eigenvalue weighted by Gasteiger charge is -2.18. The molecule has 0 saturated heterocycles. The molecule has 0 unspecified atom stereocenters. The van der Waals surface area contributed by atoms with Crippen molar-refractivity contribution < 1.29 is 13.6 Å². The van der Waals surface area contributed by atoms with Gasteiger partial charge in [0.05, 0.1) is 18.5 Å². The molecule has 0 N–H and O–H groups in total. The summed E-state index contributed by atoms with van der Waals surface area (Å²) in [5.74, 6) is 0. The van der Waals surface area contributed by atoms with Crippen molar-refractivity contribution in [2.24, 2.45) is 0 Å². The molecule has 1 aromatic carbocycles. The first kappa shape index (κ1) is 13.2. The first-order valence-electron chi connectivity index (χ1n) is 5.93. The van der Waals surface area contributed by atoms with Gasteiger partial charge in [-0.05, 0) is 26.0 Å². The van der Waals surface area contributed by atoms with Gasteiger partial charge in [0.25, 0.3) is 0 Å². The third kappa shape index (κ3) is 2.46. The Balaban J connectivity index is 2.61. The summed E-state index contributed by atoms with van der Waals surface area (Å²) in [4.78, 5) is 4.06. The highest BCUT2D eigenvalue weighted by atomic mass is 31.2. The molecule has 18 heavy (non-hydrogen) atoms. The lowest BCUT2D eigenvalue weighted by atomic mass is 10.2. The van der Waals surface area contributed by atoms with Crippen LogP contribution in [0, 0.1) is 0 Å². The summed E-state index contributed by atoms with van der Waals surface area (Å²) in [6, 6.07) is 7.38. The van der Waals surface area contributed by atoms with Gasteiger partial charge in [-0.25, -0.2) is 0 Å². The number of pyridine rings is 1. The highest BCUT2D eigenvalue weighted by Crippen LogP contribution is 2.48. The molecule has 4 nitrogen and oxygen atoms in total. The van der Waals surface area contributed by atoms with E-state index in [1.165, 1.54) is 0 Å². The van der Waals surface area contributed by atoms with Gasteiger partial charge in [-0.3, -0.25) is 9.55 Å². The molecule has 0 fully saturated rings. The summed E-state index contributed by atoms with van der Waals surface area (Å²) in [5.41, 5.74) is 0. The molecule has 96 valence electrons. The third-order valence-corrected chi connectivity index (χ3v) is 4.73. The number of benzene rings is 1. The van der Waals surface area contributed by atoms with Gasteiger partial charge in [0.1, 0.15) is 0 Å². The van der Waals surface area contributed by atoms with Crippen molar-refractivity contribution >= 4 is 23.7 Å². The van der Waals surface area contributed by atoms with Crippen LogP contribution in [0.1, 0.15) is 13.8 Å². The zero-order valence-corrected chi connectivity index (χ0v) is 11.4. The van der Waals surface area contributed by atoms with E-state index >= 15 is 0 Å². The molecule has 1 heterocycles. The number of aromatic nitrogens is 1. The molecule has 5 heteroatoms. The van der Waals surface area contributed by atoms with Crippen molar-refractivity contribution in [1.82, 2.24) is 4.98 Å². The Morgan fingerprint density at radius 1 is 1.17 bits per heavy atom.